The molecule has 1 unspecified atom stereocenters. The lowest BCUT2D eigenvalue weighted by atomic mass is 9.94. The van der Waals surface area contributed by atoms with E-state index in [0.717, 1.165) is 48.9 Å². The van der Waals surface area contributed by atoms with E-state index in [4.69, 9.17) is 14.2 Å². The number of ether oxygens (including phenoxy) is 3. The quantitative estimate of drug-likeness (QED) is 0.925. The average Bonchev–Trinajstić information content (AvgIpc) is 3.08. The van der Waals surface area contributed by atoms with Crippen molar-refractivity contribution in [3.05, 3.63) is 35.7 Å². The van der Waals surface area contributed by atoms with E-state index < -0.39 is 0 Å². The predicted molar refractivity (Wildman–Crippen MR) is 94.4 cm³/mol. The number of aromatic nitrogens is 2. The summed E-state index contributed by atoms with van der Waals surface area (Å²) in [6, 6.07) is 6.13. The lowest BCUT2D eigenvalue weighted by Gasteiger charge is -2.32. The molecule has 4 rings (SSSR count). The van der Waals surface area contributed by atoms with Gasteiger partial charge in [-0.2, -0.15) is 5.10 Å². The van der Waals surface area contributed by atoms with Crippen LogP contribution in [0.2, 0.25) is 0 Å². The van der Waals surface area contributed by atoms with Crippen molar-refractivity contribution >= 4 is 0 Å². The minimum absolute atomic E-state index is 0.516. The first-order valence-corrected chi connectivity index (χ1v) is 9.01. The molecule has 6 heteroatoms. The smallest absolute Gasteiger partial charge is 0.164 e. The Kier molecular flexibility index (Phi) is 4.78. The highest BCUT2D eigenvalue weighted by molar-refractivity contribution is 5.51. The number of aromatic amines is 1. The Balaban J connectivity index is 1.52. The van der Waals surface area contributed by atoms with Crippen molar-refractivity contribution in [3.63, 3.8) is 0 Å². The van der Waals surface area contributed by atoms with E-state index in [1.165, 1.54) is 18.5 Å². The molecule has 0 spiro atoms. The van der Waals surface area contributed by atoms with Crippen LogP contribution in [0.15, 0.2) is 24.4 Å². The highest BCUT2D eigenvalue weighted by atomic mass is 16.5. The number of methoxy groups -OCH3 is 1. The zero-order chi connectivity index (χ0) is 17.1. The molecule has 1 saturated heterocycles. The van der Waals surface area contributed by atoms with Crippen molar-refractivity contribution in [2.24, 2.45) is 0 Å². The number of hydrogen-bond acceptors (Lipinski definition) is 5. The number of nitrogens with one attached hydrogen (secondary N) is 1. The summed E-state index contributed by atoms with van der Waals surface area (Å²) in [5, 5.41) is 7.22. The molecule has 3 heterocycles. The van der Waals surface area contributed by atoms with Crippen LogP contribution in [0.3, 0.4) is 0 Å². The van der Waals surface area contributed by atoms with Crippen LogP contribution in [0, 0.1) is 0 Å². The lowest BCUT2D eigenvalue weighted by Crippen LogP contribution is -2.34. The highest BCUT2D eigenvalue weighted by Crippen LogP contribution is 2.37. The monoisotopic (exact) mass is 343 g/mol. The van der Waals surface area contributed by atoms with Crippen molar-refractivity contribution in [1.29, 1.82) is 0 Å². The van der Waals surface area contributed by atoms with Crippen molar-refractivity contribution in [2.75, 3.05) is 33.4 Å². The van der Waals surface area contributed by atoms with Gasteiger partial charge in [-0.15, -0.1) is 0 Å². The summed E-state index contributed by atoms with van der Waals surface area (Å²) in [7, 11) is 1.71. The van der Waals surface area contributed by atoms with Gasteiger partial charge in [0.2, 0.25) is 0 Å². The van der Waals surface area contributed by atoms with E-state index >= 15 is 0 Å². The Bertz CT molecular complexity index is 702. The average molecular weight is 343 g/mol. The molecule has 1 atom stereocenters. The van der Waals surface area contributed by atoms with Gasteiger partial charge in [0, 0.05) is 48.9 Å². The molecular weight excluding hydrogens is 318 g/mol. The molecule has 25 heavy (non-hydrogen) atoms. The number of likely N-dealkylation sites (tertiary alicyclic amines) is 1. The summed E-state index contributed by atoms with van der Waals surface area (Å²) in [5.41, 5.74) is 2.38. The molecule has 1 aromatic carbocycles. The van der Waals surface area contributed by atoms with Crippen LogP contribution >= 0.6 is 0 Å². The summed E-state index contributed by atoms with van der Waals surface area (Å²) in [6.45, 7) is 4.37. The van der Waals surface area contributed by atoms with Crippen LogP contribution < -0.4 is 14.2 Å². The van der Waals surface area contributed by atoms with Crippen molar-refractivity contribution < 1.29 is 14.2 Å². The Labute approximate surface area is 148 Å². The fourth-order valence-corrected chi connectivity index (χ4v) is 3.73. The first-order chi connectivity index (χ1) is 12.3. The van der Waals surface area contributed by atoms with Gasteiger partial charge in [0.15, 0.2) is 11.5 Å². The SMILES string of the molecule is COc1cc2c(cc1CN1CCCC(c3ccn[nH]3)C1)OCCCO2. The summed E-state index contributed by atoms with van der Waals surface area (Å²) in [5.74, 6) is 3.00. The van der Waals surface area contributed by atoms with Gasteiger partial charge in [-0.3, -0.25) is 10.00 Å². The molecule has 6 nitrogen and oxygen atoms in total. The maximum absolute atomic E-state index is 5.85. The van der Waals surface area contributed by atoms with Gasteiger partial charge in [0.25, 0.3) is 0 Å². The number of H-pyrrole nitrogens is 1. The Morgan fingerprint density at radius 3 is 2.84 bits per heavy atom. The lowest BCUT2D eigenvalue weighted by molar-refractivity contribution is 0.196. The Morgan fingerprint density at radius 1 is 1.24 bits per heavy atom. The molecule has 2 aliphatic rings. The minimum atomic E-state index is 0.516. The van der Waals surface area contributed by atoms with E-state index in [2.05, 4.69) is 27.2 Å². The van der Waals surface area contributed by atoms with Crippen molar-refractivity contribution in [2.45, 2.75) is 31.7 Å². The second-order valence-corrected chi connectivity index (χ2v) is 6.75. The van der Waals surface area contributed by atoms with Crippen LogP contribution in [-0.4, -0.2) is 48.5 Å². The minimum Gasteiger partial charge on any atom is -0.496 e. The summed E-state index contributed by atoms with van der Waals surface area (Å²) in [6.07, 6.45) is 5.14. The van der Waals surface area contributed by atoms with Gasteiger partial charge in [0.1, 0.15) is 5.75 Å². The predicted octanol–water partition coefficient (Wildman–Crippen LogP) is 2.96. The Hall–Kier alpha value is -2.21. The van der Waals surface area contributed by atoms with E-state index in [1.54, 1.807) is 7.11 Å². The fourth-order valence-electron chi connectivity index (χ4n) is 3.73. The summed E-state index contributed by atoms with van der Waals surface area (Å²) < 4.78 is 17.2. The van der Waals surface area contributed by atoms with Gasteiger partial charge in [-0.05, 0) is 31.5 Å². The van der Waals surface area contributed by atoms with Crippen LogP contribution in [0.4, 0.5) is 0 Å². The number of benzene rings is 1. The standard InChI is InChI=1S/C19H25N3O3/c1-23-17-11-19-18(24-8-3-9-25-19)10-15(17)13-22-7-2-4-14(12-22)16-5-6-20-21-16/h5-6,10-11,14H,2-4,7-9,12-13H2,1H3,(H,20,21). The van der Waals surface area contributed by atoms with Crippen LogP contribution in [-0.2, 0) is 6.54 Å². The number of rotatable bonds is 4. The molecule has 0 radical (unpaired) electrons. The van der Waals surface area contributed by atoms with Crippen molar-refractivity contribution in [3.8, 4) is 17.2 Å². The molecule has 1 fully saturated rings. The van der Waals surface area contributed by atoms with Crippen LogP contribution in [0.25, 0.3) is 0 Å². The van der Waals surface area contributed by atoms with E-state index in [1.807, 2.05) is 12.3 Å². The number of fused-ring (bicyclic) bond motifs is 1. The number of hydrogen-bond donors (Lipinski definition) is 1. The van der Waals surface area contributed by atoms with Crippen LogP contribution in [0.1, 0.15) is 36.4 Å². The second kappa shape index (κ2) is 7.35. The molecule has 2 aliphatic heterocycles. The molecule has 0 aliphatic carbocycles. The third-order valence-electron chi connectivity index (χ3n) is 5.01. The summed E-state index contributed by atoms with van der Waals surface area (Å²) in [4.78, 5) is 2.48. The Morgan fingerprint density at radius 2 is 2.08 bits per heavy atom. The van der Waals surface area contributed by atoms with Crippen LogP contribution in [0.5, 0.6) is 17.2 Å². The molecule has 1 N–H and O–H groups in total. The number of nitrogens with zero attached hydrogens (tertiary/aromatic N) is 2. The fraction of sp³-hybridized carbons (Fsp3) is 0.526. The maximum Gasteiger partial charge on any atom is 0.164 e. The second-order valence-electron chi connectivity index (χ2n) is 6.75. The first-order valence-electron chi connectivity index (χ1n) is 9.01. The van der Waals surface area contributed by atoms with Gasteiger partial charge in [0.05, 0.1) is 20.3 Å². The zero-order valence-electron chi connectivity index (χ0n) is 14.7. The molecular formula is C19H25N3O3. The molecule has 0 bridgehead atoms. The largest absolute Gasteiger partial charge is 0.496 e. The third-order valence-corrected chi connectivity index (χ3v) is 5.01. The number of piperidine rings is 1. The van der Waals surface area contributed by atoms with Gasteiger partial charge in [-0.1, -0.05) is 0 Å². The molecule has 0 saturated carbocycles. The summed E-state index contributed by atoms with van der Waals surface area (Å²) >= 11 is 0. The molecule has 134 valence electrons. The topological polar surface area (TPSA) is 59.6 Å². The molecule has 2 aromatic rings. The molecule has 1 aromatic heterocycles. The van der Waals surface area contributed by atoms with E-state index in [-0.39, 0.29) is 0 Å². The van der Waals surface area contributed by atoms with Gasteiger partial charge in [-0.25, -0.2) is 0 Å². The van der Waals surface area contributed by atoms with E-state index in [0.29, 0.717) is 19.1 Å². The normalized spacial score (nSPS) is 20.9. The van der Waals surface area contributed by atoms with Gasteiger partial charge < -0.3 is 14.2 Å². The third kappa shape index (κ3) is 3.58. The molecule has 0 amide bonds. The van der Waals surface area contributed by atoms with E-state index in [9.17, 15) is 0 Å². The van der Waals surface area contributed by atoms with Gasteiger partial charge >= 0.3 is 0 Å². The zero-order valence-corrected chi connectivity index (χ0v) is 14.7. The maximum atomic E-state index is 5.85. The van der Waals surface area contributed by atoms with Crippen molar-refractivity contribution in [1.82, 2.24) is 15.1 Å². The highest BCUT2D eigenvalue weighted by Gasteiger charge is 2.24. The first kappa shape index (κ1) is 16.3.